The van der Waals surface area contributed by atoms with Crippen molar-refractivity contribution in [2.45, 2.75) is 37.8 Å². The maximum Gasteiger partial charge on any atom is 0.253 e. The van der Waals surface area contributed by atoms with Crippen molar-refractivity contribution < 1.29 is 9.53 Å². The van der Waals surface area contributed by atoms with Gasteiger partial charge in [-0.05, 0) is 37.8 Å². The minimum atomic E-state index is -0.0353. The molecule has 0 unspecified atom stereocenters. The summed E-state index contributed by atoms with van der Waals surface area (Å²) in [5, 5.41) is 10.9. The van der Waals surface area contributed by atoms with E-state index in [1.54, 1.807) is 17.2 Å². The van der Waals surface area contributed by atoms with Gasteiger partial charge >= 0.3 is 0 Å². The first-order chi connectivity index (χ1) is 12.8. The summed E-state index contributed by atoms with van der Waals surface area (Å²) >= 11 is 0. The molecule has 4 rings (SSSR count). The van der Waals surface area contributed by atoms with Crippen LogP contribution in [0, 0.1) is 0 Å². The molecule has 2 aromatic rings. The van der Waals surface area contributed by atoms with E-state index in [0.29, 0.717) is 11.7 Å². The van der Waals surface area contributed by atoms with Gasteiger partial charge in [0.2, 0.25) is 0 Å². The summed E-state index contributed by atoms with van der Waals surface area (Å²) in [5.74, 6) is -0.0353. The van der Waals surface area contributed by atoms with Gasteiger partial charge in [0.25, 0.3) is 5.91 Å². The summed E-state index contributed by atoms with van der Waals surface area (Å²) in [6, 6.07) is 7.76. The molecular formula is C19H25N5O2. The zero-order valence-corrected chi connectivity index (χ0v) is 14.9. The number of para-hydroxylation sites is 1. The molecule has 1 atom stereocenters. The fraction of sp³-hybridized carbons (Fsp3) is 0.526. The van der Waals surface area contributed by atoms with E-state index < -0.39 is 0 Å². The number of benzene rings is 1. The smallest absolute Gasteiger partial charge is 0.253 e. The zero-order valence-electron chi connectivity index (χ0n) is 14.9. The highest BCUT2D eigenvalue weighted by molar-refractivity contribution is 5.97. The second-order valence-electron chi connectivity index (χ2n) is 7.07. The Morgan fingerprint density at radius 1 is 1.15 bits per heavy atom. The molecule has 0 radical (unpaired) electrons. The number of amides is 1. The van der Waals surface area contributed by atoms with E-state index >= 15 is 0 Å². The van der Waals surface area contributed by atoms with E-state index in [1.165, 1.54) is 12.8 Å². The van der Waals surface area contributed by atoms with Crippen molar-refractivity contribution in [1.82, 2.24) is 25.0 Å². The second kappa shape index (κ2) is 7.97. The van der Waals surface area contributed by atoms with Gasteiger partial charge in [0.1, 0.15) is 12.7 Å². The Balaban J connectivity index is 1.33. The van der Waals surface area contributed by atoms with Crippen molar-refractivity contribution in [2.24, 2.45) is 0 Å². The minimum absolute atomic E-state index is 0.0353. The molecule has 0 spiro atoms. The largest absolute Gasteiger partial charge is 0.377 e. The third-order valence-corrected chi connectivity index (χ3v) is 5.25. The molecule has 0 bridgehead atoms. The van der Waals surface area contributed by atoms with Gasteiger partial charge in [-0.15, -0.1) is 10.2 Å². The van der Waals surface area contributed by atoms with Crippen LogP contribution in [0.25, 0.3) is 5.69 Å². The van der Waals surface area contributed by atoms with Gasteiger partial charge in [-0.1, -0.05) is 12.1 Å². The lowest BCUT2D eigenvalue weighted by molar-refractivity contribution is 0.0613. The number of rotatable bonds is 5. The summed E-state index contributed by atoms with van der Waals surface area (Å²) in [5.41, 5.74) is 1.44. The molecule has 7 heteroatoms. The van der Waals surface area contributed by atoms with Crippen LogP contribution in [0.15, 0.2) is 36.9 Å². The van der Waals surface area contributed by atoms with Crippen LogP contribution in [0.4, 0.5) is 0 Å². The molecule has 1 N–H and O–H groups in total. The van der Waals surface area contributed by atoms with Crippen LogP contribution in [0.1, 0.15) is 36.0 Å². The molecule has 138 valence electrons. The number of piperidine rings is 1. The third kappa shape index (κ3) is 3.94. The number of nitrogens with zero attached hydrogens (tertiary/aromatic N) is 4. The van der Waals surface area contributed by atoms with Gasteiger partial charge in [0.15, 0.2) is 0 Å². The summed E-state index contributed by atoms with van der Waals surface area (Å²) in [4.78, 5) is 15.3. The number of nitrogens with one attached hydrogen (secondary N) is 1. The monoisotopic (exact) mass is 355 g/mol. The molecule has 0 aliphatic carbocycles. The first-order valence-corrected chi connectivity index (χ1v) is 9.38. The molecule has 1 aromatic heterocycles. The SMILES string of the molecule is O=C(NC1CCN(C[C@H]2CCCO2)CC1)c1ccccc1-n1cnnc1. The zero-order chi connectivity index (χ0) is 17.8. The Bertz CT molecular complexity index is 719. The van der Waals surface area contributed by atoms with Gasteiger partial charge in [0, 0.05) is 32.3 Å². The average molecular weight is 355 g/mol. The van der Waals surface area contributed by atoms with Gasteiger partial charge < -0.3 is 15.0 Å². The van der Waals surface area contributed by atoms with Crippen molar-refractivity contribution in [3.05, 3.63) is 42.5 Å². The van der Waals surface area contributed by atoms with Gasteiger partial charge in [-0.3, -0.25) is 9.36 Å². The highest BCUT2D eigenvalue weighted by atomic mass is 16.5. The van der Waals surface area contributed by atoms with Gasteiger partial charge in [0.05, 0.1) is 17.4 Å². The normalized spacial score (nSPS) is 21.8. The number of ether oxygens (including phenoxy) is 1. The third-order valence-electron chi connectivity index (χ3n) is 5.25. The molecule has 2 aliphatic heterocycles. The van der Waals surface area contributed by atoms with E-state index in [2.05, 4.69) is 20.4 Å². The number of hydrogen-bond donors (Lipinski definition) is 1. The quantitative estimate of drug-likeness (QED) is 0.883. The standard InChI is InChI=1S/C19H25N5O2/c25-19(17-5-1-2-6-18(17)24-13-20-21-14-24)22-15-7-9-23(10-8-15)12-16-4-3-11-26-16/h1-2,5-6,13-16H,3-4,7-12H2,(H,22,25)/t16-/m1/s1. The van der Waals surface area contributed by atoms with E-state index in [1.807, 2.05) is 24.3 Å². The summed E-state index contributed by atoms with van der Waals surface area (Å²) in [6.45, 7) is 3.95. The number of hydrogen-bond acceptors (Lipinski definition) is 5. The van der Waals surface area contributed by atoms with Crippen molar-refractivity contribution in [2.75, 3.05) is 26.2 Å². The van der Waals surface area contributed by atoms with Crippen molar-refractivity contribution in [3.63, 3.8) is 0 Å². The van der Waals surface area contributed by atoms with Gasteiger partial charge in [-0.25, -0.2) is 0 Å². The molecule has 2 saturated heterocycles. The Hall–Kier alpha value is -2.25. The molecule has 2 fully saturated rings. The average Bonchev–Trinajstić information content (AvgIpc) is 3.37. The van der Waals surface area contributed by atoms with Crippen LogP contribution in [-0.4, -0.2) is 64.0 Å². The van der Waals surface area contributed by atoms with Crippen LogP contribution in [0.2, 0.25) is 0 Å². The summed E-state index contributed by atoms with van der Waals surface area (Å²) in [7, 11) is 0. The highest BCUT2D eigenvalue weighted by Crippen LogP contribution is 2.18. The van der Waals surface area contributed by atoms with Crippen LogP contribution >= 0.6 is 0 Å². The predicted octanol–water partition coefficient (Wildman–Crippen LogP) is 1.64. The highest BCUT2D eigenvalue weighted by Gasteiger charge is 2.25. The Morgan fingerprint density at radius 2 is 1.92 bits per heavy atom. The number of carbonyl (C=O) groups is 1. The van der Waals surface area contributed by atoms with Crippen molar-refractivity contribution >= 4 is 5.91 Å². The fourth-order valence-corrected chi connectivity index (χ4v) is 3.82. The van der Waals surface area contributed by atoms with E-state index in [0.717, 1.165) is 44.8 Å². The number of carbonyl (C=O) groups excluding carboxylic acids is 1. The molecule has 1 amide bonds. The molecule has 3 heterocycles. The molecule has 2 aliphatic rings. The Kier molecular flexibility index (Phi) is 5.26. The van der Waals surface area contributed by atoms with Gasteiger partial charge in [-0.2, -0.15) is 0 Å². The van der Waals surface area contributed by atoms with E-state index in [-0.39, 0.29) is 11.9 Å². The molecule has 7 nitrogen and oxygen atoms in total. The number of aromatic nitrogens is 3. The van der Waals surface area contributed by atoms with E-state index in [9.17, 15) is 4.79 Å². The maximum atomic E-state index is 12.8. The Morgan fingerprint density at radius 3 is 2.65 bits per heavy atom. The van der Waals surface area contributed by atoms with Crippen molar-refractivity contribution in [1.29, 1.82) is 0 Å². The first-order valence-electron chi connectivity index (χ1n) is 9.38. The number of likely N-dealkylation sites (tertiary alicyclic amines) is 1. The lowest BCUT2D eigenvalue weighted by atomic mass is 10.0. The Labute approximate surface area is 153 Å². The molecule has 1 aromatic carbocycles. The fourth-order valence-electron chi connectivity index (χ4n) is 3.82. The summed E-state index contributed by atoms with van der Waals surface area (Å²) < 4.78 is 7.49. The topological polar surface area (TPSA) is 72.3 Å². The van der Waals surface area contributed by atoms with E-state index in [4.69, 9.17) is 4.74 Å². The van der Waals surface area contributed by atoms with Crippen LogP contribution < -0.4 is 5.32 Å². The minimum Gasteiger partial charge on any atom is -0.377 e. The molecule has 26 heavy (non-hydrogen) atoms. The maximum absolute atomic E-state index is 12.8. The lowest BCUT2D eigenvalue weighted by Gasteiger charge is -2.33. The predicted molar refractivity (Wildman–Crippen MR) is 97.3 cm³/mol. The first kappa shape index (κ1) is 17.2. The van der Waals surface area contributed by atoms with Crippen LogP contribution in [0.3, 0.4) is 0 Å². The van der Waals surface area contributed by atoms with Crippen molar-refractivity contribution in [3.8, 4) is 5.69 Å². The molecular weight excluding hydrogens is 330 g/mol. The summed E-state index contributed by atoms with van der Waals surface area (Å²) in [6.07, 6.45) is 7.93. The van der Waals surface area contributed by atoms with Crippen LogP contribution in [0.5, 0.6) is 0 Å². The van der Waals surface area contributed by atoms with Crippen LogP contribution in [-0.2, 0) is 4.74 Å². The second-order valence-corrected chi connectivity index (χ2v) is 7.07. The molecule has 0 saturated carbocycles. The lowest BCUT2D eigenvalue weighted by Crippen LogP contribution is -2.46.